The molecule has 0 fully saturated rings. The topological polar surface area (TPSA) is 35.2 Å². The maximum Gasteiger partial charge on any atom is 0.165 e. The molecule has 2 rings (SSSR count). The summed E-state index contributed by atoms with van der Waals surface area (Å²) >= 11 is 0. The number of rotatable bonds is 1. The van der Waals surface area contributed by atoms with Crippen molar-refractivity contribution in [3.63, 3.8) is 0 Å². The molecule has 1 aliphatic carbocycles. The predicted octanol–water partition coefficient (Wildman–Crippen LogP) is 2.17. The van der Waals surface area contributed by atoms with Gasteiger partial charge in [0.1, 0.15) is 0 Å². The minimum atomic E-state index is -0.291. The predicted molar refractivity (Wildman–Crippen MR) is 52.8 cm³/mol. The van der Waals surface area contributed by atoms with Gasteiger partial charge in [-0.3, -0.25) is 0 Å². The van der Waals surface area contributed by atoms with E-state index in [1.54, 1.807) is 6.07 Å². The van der Waals surface area contributed by atoms with Crippen molar-refractivity contribution in [2.75, 3.05) is 7.11 Å². The highest BCUT2D eigenvalue weighted by molar-refractivity contribution is 5.44. The van der Waals surface area contributed by atoms with Crippen molar-refractivity contribution in [1.82, 2.24) is 0 Å². The smallest absolute Gasteiger partial charge is 0.165 e. The van der Waals surface area contributed by atoms with E-state index >= 15 is 0 Å². The molecule has 1 aromatic rings. The van der Waals surface area contributed by atoms with Gasteiger partial charge in [0.15, 0.2) is 11.6 Å². The van der Waals surface area contributed by atoms with Gasteiger partial charge in [-0.05, 0) is 30.9 Å². The quantitative estimate of drug-likeness (QED) is 0.745. The molecular formula is C11H14FNO. The number of nitrogens with two attached hydrogens (primary N) is 1. The lowest BCUT2D eigenvalue weighted by atomic mass is 9.87. The van der Waals surface area contributed by atoms with Crippen LogP contribution in [0.5, 0.6) is 5.75 Å². The summed E-state index contributed by atoms with van der Waals surface area (Å²) in [4.78, 5) is 0. The van der Waals surface area contributed by atoms with Crippen LogP contribution in [-0.4, -0.2) is 7.11 Å². The molecule has 0 aliphatic heterocycles. The van der Waals surface area contributed by atoms with Crippen LogP contribution in [0.3, 0.4) is 0 Å². The number of hydrogen-bond donors (Lipinski definition) is 1. The molecule has 1 unspecified atom stereocenters. The van der Waals surface area contributed by atoms with Gasteiger partial charge in [-0.2, -0.15) is 0 Å². The van der Waals surface area contributed by atoms with Crippen molar-refractivity contribution >= 4 is 0 Å². The van der Waals surface area contributed by atoms with Gasteiger partial charge in [0.25, 0.3) is 0 Å². The molecular weight excluding hydrogens is 181 g/mol. The first-order chi connectivity index (χ1) is 6.74. The molecule has 76 valence electrons. The van der Waals surface area contributed by atoms with E-state index in [1.165, 1.54) is 13.2 Å². The number of fused-ring (bicyclic) bond motifs is 1. The molecule has 0 saturated heterocycles. The van der Waals surface area contributed by atoms with Gasteiger partial charge in [0.2, 0.25) is 0 Å². The Balaban J connectivity index is 2.55. The van der Waals surface area contributed by atoms with Crippen LogP contribution in [0.4, 0.5) is 4.39 Å². The molecule has 2 nitrogen and oxygen atoms in total. The summed E-state index contributed by atoms with van der Waals surface area (Å²) in [5, 5.41) is 0. The highest BCUT2D eigenvalue weighted by Gasteiger charge is 2.21. The van der Waals surface area contributed by atoms with E-state index in [0.717, 1.165) is 30.4 Å². The number of halogens is 1. The molecule has 14 heavy (non-hydrogen) atoms. The highest BCUT2D eigenvalue weighted by atomic mass is 19.1. The van der Waals surface area contributed by atoms with E-state index in [1.807, 2.05) is 0 Å². The van der Waals surface area contributed by atoms with Crippen LogP contribution in [0.25, 0.3) is 0 Å². The highest BCUT2D eigenvalue weighted by Crippen LogP contribution is 2.35. The van der Waals surface area contributed by atoms with Crippen LogP contribution < -0.4 is 10.5 Å². The third-order valence-electron chi connectivity index (χ3n) is 2.79. The van der Waals surface area contributed by atoms with Gasteiger partial charge >= 0.3 is 0 Å². The van der Waals surface area contributed by atoms with Gasteiger partial charge < -0.3 is 10.5 Å². The van der Waals surface area contributed by atoms with Gasteiger partial charge in [-0.15, -0.1) is 0 Å². The van der Waals surface area contributed by atoms with Gasteiger partial charge in [0, 0.05) is 11.6 Å². The lowest BCUT2D eigenvalue weighted by molar-refractivity contribution is 0.375. The van der Waals surface area contributed by atoms with Crippen LogP contribution >= 0.6 is 0 Å². The average Bonchev–Trinajstić information content (AvgIpc) is 2.18. The lowest BCUT2D eigenvalue weighted by Gasteiger charge is -2.24. The van der Waals surface area contributed by atoms with Crippen LogP contribution in [0.1, 0.15) is 30.0 Å². The zero-order valence-electron chi connectivity index (χ0n) is 8.22. The summed E-state index contributed by atoms with van der Waals surface area (Å²) in [6.07, 6.45) is 2.85. The monoisotopic (exact) mass is 195 g/mol. The van der Waals surface area contributed by atoms with Crippen molar-refractivity contribution in [3.8, 4) is 5.75 Å². The van der Waals surface area contributed by atoms with E-state index in [2.05, 4.69) is 0 Å². The second-order valence-corrected chi connectivity index (χ2v) is 3.65. The molecule has 0 bridgehead atoms. The van der Waals surface area contributed by atoms with E-state index < -0.39 is 0 Å². The Labute approximate surface area is 82.9 Å². The number of benzene rings is 1. The summed E-state index contributed by atoms with van der Waals surface area (Å²) in [5.74, 6) is 0.0815. The van der Waals surface area contributed by atoms with Crippen molar-refractivity contribution in [1.29, 1.82) is 0 Å². The largest absolute Gasteiger partial charge is 0.493 e. The van der Waals surface area contributed by atoms with E-state index in [-0.39, 0.29) is 11.9 Å². The number of ether oxygens (including phenoxy) is 1. The van der Waals surface area contributed by atoms with Crippen molar-refractivity contribution in [2.45, 2.75) is 25.3 Å². The molecule has 0 amide bonds. The molecule has 1 atom stereocenters. The van der Waals surface area contributed by atoms with Crippen LogP contribution in [0, 0.1) is 5.82 Å². The third-order valence-corrected chi connectivity index (χ3v) is 2.79. The van der Waals surface area contributed by atoms with Crippen molar-refractivity contribution < 1.29 is 9.13 Å². The Bertz CT molecular complexity index is 351. The molecule has 0 aromatic heterocycles. The molecule has 0 spiro atoms. The van der Waals surface area contributed by atoms with E-state index in [4.69, 9.17) is 10.5 Å². The zero-order chi connectivity index (χ0) is 10.1. The maximum atomic E-state index is 13.3. The van der Waals surface area contributed by atoms with Crippen LogP contribution in [0.2, 0.25) is 0 Å². The third kappa shape index (κ3) is 1.38. The Kier molecular flexibility index (Phi) is 2.42. The average molecular weight is 195 g/mol. The van der Waals surface area contributed by atoms with Crippen LogP contribution in [0.15, 0.2) is 12.1 Å². The molecule has 1 aliphatic rings. The molecule has 2 N–H and O–H groups in total. The fourth-order valence-electron chi connectivity index (χ4n) is 2.09. The minimum Gasteiger partial charge on any atom is -0.493 e. The summed E-state index contributed by atoms with van der Waals surface area (Å²) < 4.78 is 18.4. The zero-order valence-corrected chi connectivity index (χ0v) is 8.22. The Morgan fingerprint density at radius 2 is 2.29 bits per heavy atom. The van der Waals surface area contributed by atoms with E-state index in [0.29, 0.717) is 5.75 Å². The first-order valence-electron chi connectivity index (χ1n) is 4.85. The number of hydrogen-bond acceptors (Lipinski definition) is 2. The van der Waals surface area contributed by atoms with E-state index in [9.17, 15) is 4.39 Å². The summed E-state index contributed by atoms with van der Waals surface area (Å²) in [6.45, 7) is 0. The molecule has 0 saturated carbocycles. The molecule has 3 heteroatoms. The summed E-state index contributed by atoms with van der Waals surface area (Å²) in [5.41, 5.74) is 7.93. The van der Waals surface area contributed by atoms with Gasteiger partial charge in [-0.25, -0.2) is 4.39 Å². The lowest BCUT2D eigenvalue weighted by Crippen LogP contribution is -2.18. The Morgan fingerprint density at radius 3 is 3.00 bits per heavy atom. The summed E-state index contributed by atoms with van der Waals surface area (Å²) in [6, 6.07) is 3.24. The summed E-state index contributed by atoms with van der Waals surface area (Å²) in [7, 11) is 1.50. The number of methoxy groups -OCH3 is 1. The van der Waals surface area contributed by atoms with Gasteiger partial charge in [0.05, 0.1) is 7.11 Å². The fourth-order valence-corrected chi connectivity index (χ4v) is 2.09. The standard InChI is InChI=1S/C11H14FNO/c1-14-11-8-3-2-4-10(13)7(8)5-6-9(11)12/h5-6,10H,2-4,13H2,1H3. The second kappa shape index (κ2) is 3.58. The van der Waals surface area contributed by atoms with Crippen molar-refractivity contribution in [3.05, 3.63) is 29.1 Å². The normalized spacial score (nSPS) is 20.4. The minimum absolute atomic E-state index is 0.0354. The Hall–Kier alpha value is -1.09. The molecule has 1 aromatic carbocycles. The first-order valence-corrected chi connectivity index (χ1v) is 4.85. The maximum absolute atomic E-state index is 13.3. The SMILES string of the molecule is COc1c(F)ccc2c1CCCC2N. The van der Waals surface area contributed by atoms with Gasteiger partial charge in [-0.1, -0.05) is 6.07 Å². The second-order valence-electron chi connectivity index (χ2n) is 3.65. The van der Waals surface area contributed by atoms with Crippen molar-refractivity contribution in [2.24, 2.45) is 5.73 Å². The van der Waals surface area contributed by atoms with Crippen LogP contribution in [-0.2, 0) is 6.42 Å². The molecule has 0 heterocycles. The first kappa shape index (κ1) is 9.46. The fraction of sp³-hybridized carbons (Fsp3) is 0.455. The molecule has 0 radical (unpaired) electrons. The Morgan fingerprint density at radius 1 is 1.50 bits per heavy atom.